The minimum Gasteiger partial charge on any atom is -0.548 e. The van der Waals surface area contributed by atoms with E-state index < -0.39 is 23.8 Å². The zero-order chi connectivity index (χ0) is 20.7. The fourth-order valence-corrected chi connectivity index (χ4v) is 2.52. The van der Waals surface area contributed by atoms with Gasteiger partial charge in [-0.25, -0.2) is 0 Å². The molecule has 1 aromatic heterocycles. The van der Waals surface area contributed by atoms with E-state index in [0.29, 0.717) is 10.6 Å². The molecule has 2 aromatic rings. The summed E-state index contributed by atoms with van der Waals surface area (Å²) in [7, 11) is 0. The van der Waals surface area contributed by atoms with Gasteiger partial charge in [0.05, 0.1) is 18.3 Å². The Bertz CT molecular complexity index is 857. The van der Waals surface area contributed by atoms with Gasteiger partial charge in [-0.2, -0.15) is 0 Å². The molecule has 2 rings (SSSR count). The standard InChI is InChI=1S/C20H21ClN2O5/c1-12(2)10-16(20(26)27)23-18(24)15(11-13-5-7-14(21)8-6-13)22-19(25)17-4-3-9-28-17/h3-9,11-12,16H,10H2,1-2H3,(H,22,25)(H,23,24)(H,26,27)/p-1/b15-11+/t16-/m0/s1. The average Bonchev–Trinajstić information content (AvgIpc) is 3.16. The molecule has 28 heavy (non-hydrogen) atoms. The van der Waals surface area contributed by atoms with E-state index in [1.54, 1.807) is 24.3 Å². The Hall–Kier alpha value is -3.06. The Labute approximate surface area is 167 Å². The van der Waals surface area contributed by atoms with Gasteiger partial charge in [-0.05, 0) is 48.2 Å². The van der Waals surface area contributed by atoms with Crippen LogP contribution in [0, 0.1) is 5.92 Å². The summed E-state index contributed by atoms with van der Waals surface area (Å²) < 4.78 is 5.02. The van der Waals surface area contributed by atoms with Gasteiger partial charge in [0.1, 0.15) is 5.70 Å². The molecule has 0 fully saturated rings. The highest BCUT2D eigenvalue weighted by Crippen LogP contribution is 2.13. The molecule has 2 N–H and O–H groups in total. The quantitative estimate of drug-likeness (QED) is 0.654. The number of furan rings is 1. The zero-order valence-electron chi connectivity index (χ0n) is 15.4. The maximum Gasteiger partial charge on any atom is 0.291 e. The maximum atomic E-state index is 12.7. The molecule has 0 spiro atoms. The number of carbonyl (C=O) groups excluding carboxylic acids is 3. The SMILES string of the molecule is CC(C)C[C@H](NC(=O)/C(=C\c1ccc(Cl)cc1)NC(=O)c1ccco1)C(=O)[O-]. The Kier molecular flexibility index (Phi) is 7.40. The van der Waals surface area contributed by atoms with Crippen LogP contribution >= 0.6 is 11.6 Å². The third-order valence-corrected chi connectivity index (χ3v) is 3.97. The summed E-state index contributed by atoms with van der Waals surface area (Å²) in [6.45, 7) is 3.65. The topological polar surface area (TPSA) is 111 Å². The number of benzene rings is 1. The van der Waals surface area contributed by atoms with E-state index >= 15 is 0 Å². The summed E-state index contributed by atoms with van der Waals surface area (Å²) in [6.07, 6.45) is 2.93. The number of carbonyl (C=O) groups is 3. The molecule has 0 bridgehead atoms. The van der Waals surface area contributed by atoms with Crippen molar-refractivity contribution < 1.29 is 23.9 Å². The number of nitrogens with one attached hydrogen (secondary N) is 2. The van der Waals surface area contributed by atoms with Crippen molar-refractivity contribution in [1.29, 1.82) is 0 Å². The van der Waals surface area contributed by atoms with E-state index in [2.05, 4.69) is 10.6 Å². The van der Waals surface area contributed by atoms with Crippen molar-refractivity contribution in [1.82, 2.24) is 10.6 Å². The summed E-state index contributed by atoms with van der Waals surface area (Å²) in [5.41, 5.74) is 0.446. The maximum absolute atomic E-state index is 12.7. The van der Waals surface area contributed by atoms with Crippen LogP contribution < -0.4 is 15.7 Å². The van der Waals surface area contributed by atoms with E-state index in [9.17, 15) is 19.5 Å². The number of aliphatic carboxylic acids is 1. The molecule has 0 unspecified atom stereocenters. The second kappa shape index (κ2) is 9.75. The second-order valence-corrected chi connectivity index (χ2v) is 6.95. The third kappa shape index (κ3) is 6.28. The summed E-state index contributed by atoms with van der Waals surface area (Å²) >= 11 is 5.86. The van der Waals surface area contributed by atoms with Crippen LogP contribution in [0.25, 0.3) is 6.08 Å². The minimum absolute atomic E-state index is 0.00781. The fourth-order valence-electron chi connectivity index (χ4n) is 2.40. The molecule has 7 nitrogen and oxygen atoms in total. The molecule has 0 radical (unpaired) electrons. The van der Waals surface area contributed by atoms with Crippen LogP contribution in [-0.2, 0) is 9.59 Å². The van der Waals surface area contributed by atoms with Crippen LogP contribution in [0.15, 0.2) is 52.8 Å². The summed E-state index contributed by atoms with van der Waals surface area (Å²) in [5, 5.41) is 16.7. The van der Waals surface area contributed by atoms with Crippen LogP contribution in [0.5, 0.6) is 0 Å². The molecule has 0 saturated carbocycles. The van der Waals surface area contributed by atoms with E-state index in [-0.39, 0.29) is 23.8 Å². The molecule has 1 aromatic carbocycles. The highest BCUT2D eigenvalue weighted by molar-refractivity contribution is 6.30. The lowest BCUT2D eigenvalue weighted by molar-refractivity contribution is -0.308. The summed E-state index contributed by atoms with van der Waals surface area (Å²) in [5.74, 6) is -2.78. The molecule has 148 valence electrons. The second-order valence-electron chi connectivity index (χ2n) is 6.52. The highest BCUT2D eigenvalue weighted by Gasteiger charge is 2.20. The highest BCUT2D eigenvalue weighted by atomic mass is 35.5. The minimum atomic E-state index is -1.40. The van der Waals surface area contributed by atoms with E-state index in [0.717, 1.165) is 0 Å². The molecule has 0 aliphatic carbocycles. The Morgan fingerprint density at radius 1 is 1.18 bits per heavy atom. The lowest BCUT2D eigenvalue weighted by Crippen LogP contribution is -2.50. The predicted octanol–water partition coefficient (Wildman–Crippen LogP) is 1.98. The van der Waals surface area contributed by atoms with E-state index in [1.807, 2.05) is 13.8 Å². The van der Waals surface area contributed by atoms with Crippen molar-refractivity contribution in [2.45, 2.75) is 26.3 Å². The number of hydrogen-bond acceptors (Lipinski definition) is 5. The van der Waals surface area contributed by atoms with Crippen LogP contribution in [-0.4, -0.2) is 23.8 Å². The van der Waals surface area contributed by atoms with Crippen molar-refractivity contribution in [2.24, 2.45) is 5.92 Å². The van der Waals surface area contributed by atoms with Crippen molar-refractivity contribution in [3.05, 3.63) is 64.7 Å². The molecular formula is C20H20ClN2O5-. The van der Waals surface area contributed by atoms with Gasteiger partial charge < -0.3 is 25.0 Å². The van der Waals surface area contributed by atoms with E-state index in [1.165, 1.54) is 24.5 Å². The van der Waals surface area contributed by atoms with Gasteiger partial charge >= 0.3 is 0 Å². The first-order valence-electron chi connectivity index (χ1n) is 8.60. The first kappa shape index (κ1) is 21.2. The van der Waals surface area contributed by atoms with Gasteiger partial charge in [0.2, 0.25) is 0 Å². The monoisotopic (exact) mass is 403 g/mol. The van der Waals surface area contributed by atoms with Gasteiger partial charge in [-0.1, -0.05) is 37.6 Å². The third-order valence-electron chi connectivity index (χ3n) is 3.72. The summed E-state index contributed by atoms with van der Waals surface area (Å²) in [6, 6.07) is 8.34. The summed E-state index contributed by atoms with van der Waals surface area (Å²) in [4.78, 5) is 36.3. The van der Waals surface area contributed by atoms with Crippen LogP contribution in [0.3, 0.4) is 0 Å². The Morgan fingerprint density at radius 3 is 2.39 bits per heavy atom. The molecule has 8 heteroatoms. The normalized spacial score (nSPS) is 12.5. The van der Waals surface area contributed by atoms with Gasteiger partial charge in [0, 0.05) is 5.02 Å². The smallest absolute Gasteiger partial charge is 0.291 e. The van der Waals surface area contributed by atoms with Crippen molar-refractivity contribution >= 4 is 35.5 Å². The van der Waals surface area contributed by atoms with Gasteiger partial charge in [0.15, 0.2) is 5.76 Å². The molecular weight excluding hydrogens is 384 g/mol. The predicted molar refractivity (Wildman–Crippen MR) is 102 cm³/mol. The van der Waals surface area contributed by atoms with Crippen molar-refractivity contribution in [3.63, 3.8) is 0 Å². The fraction of sp³-hybridized carbons (Fsp3) is 0.250. The van der Waals surface area contributed by atoms with Crippen LogP contribution in [0.1, 0.15) is 36.4 Å². The molecule has 0 saturated heterocycles. The average molecular weight is 404 g/mol. The molecule has 0 aliphatic rings. The molecule has 1 heterocycles. The number of carboxylic acid groups (broad SMARTS) is 1. The van der Waals surface area contributed by atoms with Gasteiger partial charge in [-0.15, -0.1) is 0 Å². The lowest BCUT2D eigenvalue weighted by Gasteiger charge is -2.22. The molecule has 0 aliphatic heterocycles. The zero-order valence-corrected chi connectivity index (χ0v) is 16.2. The van der Waals surface area contributed by atoms with Crippen LogP contribution in [0.2, 0.25) is 5.02 Å². The number of halogens is 1. The first-order valence-corrected chi connectivity index (χ1v) is 8.98. The Morgan fingerprint density at radius 2 is 1.86 bits per heavy atom. The largest absolute Gasteiger partial charge is 0.548 e. The van der Waals surface area contributed by atoms with Crippen molar-refractivity contribution in [3.8, 4) is 0 Å². The van der Waals surface area contributed by atoms with Crippen LogP contribution in [0.4, 0.5) is 0 Å². The van der Waals surface area contributed by atoms with E-state index in [4.69, 9.17) is 16.0 Å². The van der Waals surface area contributed by atoms with Crippen molar-refractivity contribution in [2.75, 3.05) is 0 Å². The number of amides is 2. The number of hydrogen-bond donors (Lipinski definition) is 2. The molecule has 1 atom stereocenters. The van der Waals surface area contributed by atoms with Gasteiger partial charge in [0.25, 0.3) is 11.8 Å². The number of carboxylic acids is 1. The molecule has 2 amide bonds. The van der Waals surface area contributed by atoms with Gasteiger partial charge in [-0.3, -0.25) is 9.59 Å². The Balaban J connectivity index is 2.28. The lowest BCUT2D eigenvalue weighted by atomic mass is 10.0. The first-order chi connectivity index (χ1) is 13.3. The number of rotatable bonds is 8.